The van der Waals surface area contributed by atoms with Gasteiger partial charge in [0.05, 0.1) is 0 Å². The predicted octanol–water partition coefficient (Wildman–Crippen LogP) is -1.000. The third-order valence-corrected chi connectivity index (χ3v) is 1.53. The molecule has 5 nitrogen and oxygen atoms in total. The Morgan fingerprint density at radius 2 is 2.00 bits per heavy atom. The summed E-state index contributed by atoms with van der Waals surface area (Å²) >= 11 is 0. The van der Waals surface area contributed by atoms with Crippen LogP contribution < -0.4 is 10.6 Å². The van der Waals surface area contributed by atoms with Gasteiger partial charge >= 0.3 is 11.8 Å². The normalized spacial score (nSPS) is 17.4. The number of amides is 2. The maximum absolute atomic E-state index is 10.7. The van der Waals surface area contributed by atoms with E-state index in [4.69, 9.17) is 6.42 Å². The van der Waals surface area contributed by atoms with Crippen LogP contribution in [0.5, 0.6) is 0 Å². The van der Waals surface area contributed by atoms with Gasteiger partial charge in [0.25, 0.3) is 0 Å². The molecule has 1 heterocycles. The van der Waals surface area contributed by atoms with Crippen molar-refractivity contribution < 1.29 is 9.59 Å². The smallest absolute Gasteiger partial charge is 0.288 e. The summed E-state index contributed by atoms with van der Waals surface area (Å²) in [6, 6.07) is -0.311. The van der Waals surface area contributed by atoms with E-state index < -0.39 is 11.8 Å². The minimum absolute atomic E-state index is 0.139. The zero-order valence-electron chi connectivity index (χ0n) is 7.13. The van der Waals surface area contributed by atoms with Crippen molar-refractivity contribution in [3.05, 3.63) is 0 Å². The second kappa shape index (κ2) is 3.72. The summed E-state index contributed by atoms with van der Waals surface area (Å²) in [7, 11) is 0. The molecule has 1 fully saturated rings. The molecule has 1 aliphatic heterocycles. The number of hydrogen-bond acceptors (Lipinski definition) is 3. The number of carbonyl (C=O) groups excluding carboxylic acids is 2. The Kier molecular flexibility index (Phi) is 2.65. The number of carbonyl (C=O) groups is 2. The van der Waals surface area contributed by atoms with Crippen LogP contribution in [0.1, 0.15) is 13.3 Å². The van der Waals surface area contributed by atoms with Gasteiger partial charge in [-0.15, -0.1) is 6.42 Å². The zero-order chi connectivity index (χ0) is 9.84. The van der Waals surface area contributed by atoms with Gasteiger partial charge in [-0.3, -0.25) is 20.2 Å². The van der Waals surface area contributed by atoms with Crippen LogP contribution in [0, 0.1) is 12.3 Å². The van der Waals surface area contributed by atoms with Gasteiger partial charge < -0.3 is 0 Å². The van der Waals surface area contributed by atoms with Crippen LogP contribution in [0.25, 0.3) is 0 Å². The Hall–Kier alpha value is -1.83. The number of rotatable bonds is 2. The van der Waals surface area contributed by atoms with E-state index in [1.54, 1.807) is 0 Å². The number of terminal acetylenes is 1. The van der Waals surface area contributed by atoms with Crippen molar-refractivity contribution in [2.75, 3.05) is 0 Å². The lowest BCUT2D eigenvalue weighted by Gasteiger charge is -2.01. The van der Waals surface area contributed by atoms with Crippen molar-refractivity contribution in [3.8, 4) is 12.3 Å². The Balaban J connectivity index is 2.70. The SMILES string of the molecule is C#CC(CC)N=C1NC(=O)C(=O)N1. The lowest BCUT2D eigenvalue weighted by atomic mass is 10.2. The van der Waals surface area contributed by atoms with Gasteiger partial charge in [0, 0.05) is 0 Å². The highest BCUT2D eigenvalue weighted by Crippen LogP contribution is 1.95. The molecule has 2 amide bonds. The van der Waals surface area contributed by atoms with Gasteiger partial charge in [-0.1, -0.05) is 12.8 Å². The first-order chi connectivity index (χ1) is 6.17. The molecule has 0 aromatic rings. The lowest BCUT2D eigenvalue weighted by Crippen LogP contribution is -2.27. The minimum Gasteiger partial charge on any atom is -0.288 e. The summed E-state index contributed by atoms with van der Waals surface area (Å²) in [5.41, 5.74) is 0. The number of hydrogen-bond donors (Lipinski definition) is 2. The van der Waals surface area contributed by atoms with E-state index in [9.17, 15) is 9.59 Å². The Morgan fingerprint density at radius 3 is 2.38 bits per heavy atom. The molecule has 0 bridgehead atoms. The first kappa shape index (κ1) is 9.26. The molecule has 0 radical (unpaired) electrons. The fourth-order valence-electron chi connectivity index (χ4n) is 0.827. The third kappa shape index (κ3) is 2.06. The Bertz CT molecular complexity index is 296. The van der Waals surface area contributed by atoms with Crippen molar-refractivity contribution in [1.29, 1.82) is 0 Å². The van der Waals surface area contributed by atoms with E-state index >= 15 is 0 Å². The van der Waals surface area contributed by atoms with E-state index in [0.29, 0.717) is 6.42 Å². The van der Waals surface area contributed by atoms with Crippen LogP contribution >= 0.6 is 0 Å². The number of nitrogens with one attached hydrogen (secondary N) is 2. The monoisotopic (exact) mass is 179 g/mol. The summed E-state index contributed by atoms with van der Waals surface area (Å²) in [6.07, 6.45) is 5.81. The molecule has 0 aliphatic carbocycles. The van der Waals surface area contributed by atoms with Gasteiger partial charge in [-0.25, -0.2) is 4.99 Å². The molecule has 0 aromatic heterocycles. The molecule has 1 aliphatic rings. The molecule has 2 N–H and O–H groups in total. The quantitative estimate of drug-likeness (QED) is 0.421. The van der Waals surface area contributed by atoms with Gasteiger partial charge in [0.15, 0.2) is 0 Å². The first-order valence-electron chi connectivity index (χ1n) is 3.83. The maximum Gasteiger partial charge on any atom is 0.316 e. The second-order valence-corrected chi connectivity index (χ2v) is 2.48. The molecular weight excluding hydrogens is 170 g/mol. The highest BCUT2D eigenvalue weighted by molar-refractivity contribution is 6.45. The van der Waals surface area contributed by atoms with Crippen molar-refractivity contribution in [1.82, 2.24) is 10.6 Å². The predicted molar refractivity (Wildman–Crippen MR) is 46.6 cm³/mol. The summed E-state index contributed by atoms with van der Waals surface area (Å²) in [4.78, 5) is 25.3. The van der Waals surface area contributed by atoms with Crippen LogP contribution in [-0.4, -0.2) is 23.8 Å². The molecule has 68 valence electrons. The Labute approximate surface area is 75.6 Å². The molecule has 0 saturated carbocycles. The van der Waals surface area contributed by atoms with Crippen molar-refractivity contribution in [3.63, 3.8) is 0 Å². The van der Waals surface area contributed by atoms with Crippen molar-refractivity contribution in [2.45, 2.75) is 19.4 Å². The van der Waals surface area contributed by atoms with Crippen LogP contribution in [0.2, 0.25) is 0 Å². The average molecular weight is 179 g/mol. The molecule has 1 unspecified atom stereocenters. The fourth-order valence-corrected chi connectivity index (χ4v) is 0.827. The summed E-state index contributed by atoms with van der Waals surface area (Å²) in [5, 5.41) is 4.52. The van der Waals surface area contributed by atoms with Gasteiger partial charge in [-0.05, 0) is 6.42 Å². The van der Waals surface area contributed by atoms with Crippen molar-refractivity contribution >= 4 is 17.8 Å². The van der Waals surface area contributed by atoms with E-state index in [0.717, 1.165) is 0 Å². The summed E-state index contributed by atoms with van der Waals surface area (Å²) < 4.78 is 0. The van der Waals surface area contributed by atoms with E-state index in [2.05, 4.69) is 21.5 Å². The van der Waals surface area contributed by atoms with Gasteiger partial charge in [0.2, 0.25) is 5.96 Å². The highest BCUT2D eigenvalue weighted by atomic mass is 16.2. The maximum atomic E-state index is 10.7. The Morgan fingerprint density at radius 1 is 1.46 bits per heavy atom. The largest absolute Gasteiger partial charge is 0.316 e. The average Bonchev–Trinajstić information content (AvgIpc) is 2.42. The topological polar surface area (TPSA) is 70.6 Å². The number of aliphatic imine (C=N–C) groups is 1. The lowest BCUT2D eigenvalue weighted by molar-refractivity contribution is -0.135. The number of nitrogens with zero attached hydrogens (tertiary/aromatic N) is 1. The van der Waals surface area contributed by atoms with E-state index in [1.165, 1.54) is 0 Å². The van der Waals surface area contributed by atoms with Crippen LogP contribution in [0.4, 0.5) is 0 Å². The first-order valence-corrected chi connectivity index (χ1v) is 3.83. The van der Waals surface area contributed by atoms with Crippen LogP contribution in [0.15, 0.2) is 4.99 Å². The van der Waals surface area contributed by atoms with Crippen LogP contribution in [0.3, 0.4) is 0 Å². The van der Waals surface area contributed by atoms with Gasteiger partial charge in [0.1, 0.15) is 6.04 Å². The molecule has 1 saturated heterocycles. The second-order valence-electron chi connectivity index (χ2n) is 2.48. The van der Waals surface area contributed by atoms with Gasteiger partial charge in [-0.2, -0.15) is 0 Å². The molecule has 0 spiro atoms. The molecular formula is C8H9N3O2. The molecule has 13 heavy (non-hydrogen) atoms. The molecule has 1 rings (SSSR count). The highest BCUT2D eigenvalue weighted by Gasteiger charge is 2.25. The fraction of sp³-hybridized carbons (Fsp3) is 0.375. The van der Waals surface area contributed by atoms with Crippen LogP contribution in [-0.2, 0) is 9.59 Å². The summed E-state index contributed by atoms with van der Waals surface area (Å²) in [6.45, 7) is 1.87. The van der Waals surface area contributed by atoms with E-state index in [-0.39, 0.29) is 12.0 Å². The third-order valence-electron chi connectivity index (χ3n) is 1.53. The molecule has 5 heteroatoms. The molecule has 0 aromatic carbocycles. The zero-order valence-corrected chi connectivity index (χ0v) is 7.13. The van der Waals surface area contributed by atoms with E-state index in [1.807, 2.05) is 6.92 Å². The van der Waals surface area contributed by atoms with Crippen molar-refractivity contribution in [2.24, 2.45) is 4.99 Å². The summed E-state index contributed by atoms with van der Waals surface area (Å²) in [5.74, 6) is 1.15. The standard InChI is InChI=1S/C8H9N3O2/c1-3-5(4-2)9-8-10-6(12)7(13)11-8/h1,5H,4H2,2H3,(H2,9,10,11,12,13). The molecule has 1 atom stereocenters. The minimum atomic E-state index is -0.703. The number of guanidine groups is 1.